The Morgan fingerprint density at radius 1 is 0.893 bits per heavy atom. The summed E-state index contributed by atoms with van der Waals surface area (Å²) < 4.78 is 31.2. The number of hydrogen-bond donors (Lipinski definition) is 1. The fourth-order valence-corrected chi connectivity index (χ4v) is 4.18. The molecule has 0 aliphatic carbocycles. The molecule has 0 radical (unpaired) electrons. The monoisotopic (exact) mass is 403 g/mol. The summed E-state index contributed by atoms with van der Waals surface area (Å²) >= 11 is 0. The maximum atomic E-state index is 12.9. The van der Waals surface area contributed by atoms with E-state index in [9.17, 15) is 18.0 Å². The van der Waals surface area contributed by atoms with Gasteiger partial charge in [-0.3, -0.25) is 4.79 Å². The van der Waals surface area contributed by atoms with Crippen molar-refractivity contribution in [1.82, 2.24) is 5.32 Å². The van der Waals surface area contributed by atoms with Crippen molar-refractivity contribution in [2.75, 3.05) is 5.75 Å². The molecule has 0 aliphatic rings. The van der Waals surface area contributed by atoms with Crippen molar-refractivity contribution in [2.45, 2.75) is 43.7 Å². The van der Waals surface area contributed by atoms with Gasteiger partial charge in [0, 0.05) is 5.54 Å². The van der Waals surface area contributed by atoms with Gasteiger partial charge in [0.05, 0.1) is 10.5 Å². The molecular formula is C21H25NO5S. The quantitative estimate of drug-likeness (QED) is 0.749. The van der Waals surface area contributed by atoms with Gasteiger partial charge in [0.15, 0.2) is 9.84 Å². The molecule has 0 aromatic heterocycles. The highest BCUT2D eigenvalue weighted by atomic mass is 32.2. The number of hydrogen-bond acceptors (Lipinski definition) is 5. The molecule has 0 saturated heterocycles. The van der Waals surface area contributed by atoms with Crippen LogP contribution >= 0.6 is 0 Å². The Morgan fingerprint density at radius 2 is 1.39 bits per heavy atom. The highest BCUT2D eigenvalue weighted by Gasteiger charge is 2.43. The lowest BCUT2D eigenvalue weighted by Gasteiger charge is -2.32. The third kappa shape index (κ3) is 5.66. The van der Waals surface area contributed by atoms with Crippen molar-refractivity contribution in [2.24, 2.45) is 0 Å². The van der Waals surface area contributed by atoms with Gasteiger partial charge in [0.2, 0.25) is 5.60 Å². The molecule has 1 atom stereocenters. The molecular weight excluding hydrogens is 378 g/mol. The predicted molar refractivity (Wildman–Crippen MR) is 107 cm³/mol. The zero-order valence-electron chi connectivity index (χ0n) is 16.4. The number of sulfone groups is 1. The van der Waals surface area contributed by atoms with Crippen LogP contribution in [0.5, 0.6) is 0 Å². The van der Waals surface area contributed by atoms with Gasteiger partial charge in [-0.15, -0.1) is 0 Å². The lowest BCUT2D eigenvalue weighted by molar-refractivity contribution is -0.138. The fraction of sp³-hybridized carbons (Fsp3) is 0.333. The first-order chi connectivity index (χ1) is 12.9. The summed E-state index contributed by atoms with van der Waals surface area (Å²) in [4.78, 5) is 25.5. The summed E-state index contributed by atoms with van der Waals surface area (Å²) in [7, 11) is -3.88. The molecule has 0 heterocycles. The van der Waals surface area contributed by atoms with E-state index in [-0.39, 0.29) is 10.5 Å². The normalized spacial score (nSPS) is 14.0. The van der Waals surface area contributed by atoms with Crippen molar-refractivity contribution in [3.8, 4) is 0 Å². The van der Waals surface area contributed by atoms with E-state index in [0.29, 0.717) is 0 Å². The maximum Gasteiger partial charge on any atom is 0.339 e. The van der Waals surface area contributed by atoms with Crippen molar-refractivity contribution in [3.63, 3.8) is 0 Å². The third-order valence-electron chi connectivity index (χ3n) is 3.86. The largest absolute Gasteiger partial charge is 0.445 e. The second-order valence-electron chi connectivity index (χ2n) is 7.76. The summed E-state index contributed by atoms with van der Waals surface area (Å²) in [5.41, 5.74) is -2.31. The third-order valence-corrected chi connectivity index (χ3v) is 5.79. The lowest BCUT2D eigenvalue weighted by Crippen LogP contribution is -2.56. The Morgan fingerprint density at radius 3 is 1.89 bits per heavy atom. The molecule has 0 fully saturated rings. The molecule has 1 amide bonds. The van der Waals surface area contributed by atoms with Crippen LogP contribution in [0, 0.1) is 0 Å². The lowest BCUT2D eigenvalue weighted by atomic mass is 10.0. The van der Waals surface area contributed by atoms with E-state index < -0.39 is 38.6 Å². The van der Waals surface area contributed by atoms with E-state index in [1.165, 1.54) is 31.2 Å². The zero-order chi connectivity index (χ0) is 21.0. The number of carbonyl (C=O) groups excluding carboxylic acids is 2. The number of ether oxygens (including phenoxy) is 1. The van der Waals surface area contributed by atoms with Crippen LogP contribution in [0.4, 0.5) is 0 Å². The molecule has 7 heteroatoms. The number of rotatable bonds is 6. The first kappa shape index (κ1) is 21.6. The van der Waals surface area contributed by atoms with Crippen LogP contribution in [0.2, 0.25) is 0 Å². The van der Waals surface area contributed by atoms with Gasteiger partial charge in [0.25, 0.3) is 5.91 Å². The van der Waals surface area contributed by atoms with E-state index in [2.05, 4.69) is 5.32 Å². The van der Waals surface area contributed by atoms with Gasteiger partial charge in [-0.25, -0.2) is 13.2 Å². The number of esters is 1. The van der Waals surface area contributed by atoms with Gasteiger partial charge < -0.3 is 10.1 Å². The molecule has 6 nitrogen and oxygen atoms in total. The average molecular weight is 404 g/mol. The summed E-state index contributed by atoms with van der Waals surface area (Å²) in [6, 6.07) is 15.9. The minimum Gasteiger partial charge on any atom is -0.445 e. The summed E-state index contributed by atoms with van der Waals surface area (Å²) in [6.07, 6.45) is 0. The Bertz CT molecular complexity index is 934. The second-order valence-corrected chi connectivity index (χ2v) is 9.75. The molecule has 150 valence electrons. The molecule has 1 N–H and O–H groups in total. The van der Waals surface area contributed by atoms with Crippen molar-refractivity contribution >= 4 is 21.7 Å². The summed E-state index contributed by atoms with van der Waals surface area (Å²) in [6.45, 7) is 6.59. The Labute approximate surface area is 165 Å². The predicted octanol–water partition coefficient (Wildman–Crippen LogP) is 2.99. The van der Waals surface area contributed by atoms with Gasteiger partial charge in [0.1, 0.15) is 5.75 Å². The van der Waals surface area contributed by atoms with Gasteiger partial charge >= 0.3 is 5.97 Å². The summed E-state index contributed by atoms with van der Waals surface area (Å²) in [5.74, 6) is -2.12. The highest BCUT2D eigenvalue weighted by molar-refractivity contribution is 7.91. The minimum atomic E-state index is -3.88. The summed E-state index contributed by atoms with van der Waals surface area (Å²) in [5, 5.41) is 2.71. The first-order valence-corrected chi connectivity index (χ1v) is 10.5. The molecule has 2 aromatic carbocycles. The Hall–Kier alpha value is -2.67. The number of amides is 1. The van der Waals surface area contributed by atoms with Crippen LogP contribution in [-0.4, -0.2) is 37.2 Å². The SMILES string of the molecule is CC(C)(C)NC(=O)C(C)(CS(=O)(=O)c1ccccc1)OC(=O)c1ccccc1. The smallest absolute Gasteiger partial charge is 0.339 e. The minimum absolute atomic E-state index is 0.0561. The molecule has 0 bridgehead atoms. The maximum absolute atomic E-state index is 12.9. The van der Waals surface area contributed by atoms with Crippen LogP contribution in [0.1, 0.15) is 38.1 Å². The first-order valence-electron chi connectivity index (χ1n) is 8.82. The fourth-order valence-electron chi connectivity index (χ4n) is 2.53. The number of carbonyl (C=O) groups is 2. The molecule has 2 aromatic rings. The van der Waals surface area contributed by atoms with Crippen LogP contribution in [0.15, 0.2) is 65.6 Å². The van der Waals surface area contributed by atoms with E-state index in [1.807, 2.05) is 0 Å². The van der Waals surface area contributed by atoms with E-state index in [1.54, 1.807) is 57.2 Å². The standard InChI is InChI=1S/C21H25NO5S/c1-20(2,3)22-19(24)21(4,27-18(23)16-11-7-5-8-12-16)15-28(25,26)17-13-9-6-10-14-17/h5-14H,15H2,1-4H3,(H,22,24). The molecule has 0 aliphatic heterocycles. The molecule has 2 rings (SSSR count). The van der Waals surface area contributed by atoms with E-state index >= 15 is 0 Å². The van der Waals surface area contributed by atoms with Gasteiger partial charge in [-0.2, -0.15) is 0 Å². The number of benzene rings is 2. The van der Waals surface area contributed by atoms with Crippen LogP contribution in [-0.2, 0) is 19.4 Å². The van der Waals surface area contributed by atoms with E-state index in [4.69, 9.17) is 4.74 Å². The van der Waals surface area contributed by atoms with Crippen molar-refractivity contribution < 1.29 is 22.7 Å². The Kier molecular flexibility index (Phi) is 6.29. The van der Waals surface area contributed by atoms with E-state index in [0.717, 1.165) is 0 Å². The van der Waals surface area contributed by atoms with Crippen LogP contribution in [0.3, 0.4) is 0 Å². The molecule has 0 spiro atoms. The van der Waals surface area contributed by atoms with Crippen LogP contribution in [0.25, 0.3) is 0 Å². The van der Waals surface area contributed by atoms with Gasteiger partial charge in [-0.1, -0.05) is 36.4 Å². The average Bonchev–Trinajstić information content (AvgIpc) is 2.61. The van der Waals surface area contributed by atoms with Crippen LogP contribution < -0.4 is 5.32 Å². The molecule has 0 saturated carbocycles. The number of nitrogens with one attached hydrogen (secondary N) is 1. The molecule has 28 heavy (non-hydrogen) atoms. The Balaban J connectivity index is 2.38. The topological polar surface area (TPSA) is 89.5 Å². The van der Waals surface area contributed by atoms with Crippen molar-refractivity contribution in [1.29, 1.82) is 0 Å². The molecule has 1 unspecified atom stereocenters. The second kappa shape index (κ2) is 8.14. The van der Waals surface area contributed by atoms with Gasteiger partial charge in [-0.05, 0) is 52.0 Å². The highest BCUT2D eigenvalue weighted by Crippen LogP contribution is 2.23. The zero-order valence-corrected chi connectivity index (χ0v) is 17.2. The van der Waals surface area contributed by atoms with Crippen molar-refractivity contribution in [3.05, 3.63) is 66.2 Å².